The van der Waals surface area contributed by atoms with Crippen molar-refractivity contribution in [1.29, 1.82) is 0 Å². The second kappa shape index (κ2) is 3.82. The molecule has 0 aliphatic heterocycles. The van der Waals surface area contributed by atoms with Crippen LogP contribution in [0.1, 0.15) is 6.42 Å². The molecular weight excluding hydrogens is 132 g/mol. The third-order valence-corrected chi connectivity index (χ3v) is 1.68. The Morgan fingerprint density at radius 3 is 2.11 bits per heavy atom. The Balaban J connectivity index is 3.75. The molecule has 0 aromatic rings. The third-order valence-electron chi connectivity index (χ3n) is 1.07. The van der Waals surface area contributed by atoms with Gasteiger partial charge in [-0.05, 0) is 0 Å². The zero-order chi connectivity index (χ0) is 7.33. The minimum absolute atomic E-state index is 0.622. The van der Waals surface area contributed by atoms with E-state index in [1.807, 2.05) is 0 Å². The average Bonchev–Trinajstić information content (AvgIpc) is 1.89. The van der Waals surface area contributed by atoms with Gasteiger partial charge in [0.25, 0.3) is 0 Å². The van der Waals surface area contributed by atoms with Crippen molar-refractivity contribution in [3.63, 3.8) is 0 Å². The lowest BCUT2D eigenvalue weighted by molar-refractivity contribution is -0.138. The second-order valence-electron chi connectivity index (χ2n) is 1.65. The van der Waals surface area contributed by atoms with E-state index in [4.69, 9.17) is 9.47 Å². The molecule has 0 heterocycles. The van der Waals surface area contributed by atoms with E-state index in [0.29, 0.717) is 6.42 Å². The molecule has 0 spiro atoms. The summed E-state index contributed by atoms with van der Waals surface area (Å²) in [5.41, 5.74) is -0.679. The van der Waals surface area contributed by atoms with Crippen LogP contribution in [-0.4, -0.2) is 29.9 Å². The summed E-state index contributed by atoms with van der Waals surface area (Å²) in [5, 5.41) is 0. The van der Waals surface area contributed by atoms with Crippen LogP contribution in [0.15, 0.2) is 12.7 Å². The summed E-state index contributed by atoms with van der Waals surface area (Å²) in [5.74, 6) is 0. The second-order valence-corrected chi connectivity index (χ2v) is 2.42. The van der Waals surface area contributed by atoms with E-state index in [0.717, 1.165) is 0 Å². The van der Waals surface area contributed by atoms with Gasteiger partial charge in [0.15, 0.2) is 0 Å². The topological polar surface area (TPSA) is 18.5 Å². The smallest absolute Gasteiger partial charge is 0.146 e. The van der Waals surface area contributed by atoms with Crippen molar-refractivity contribution in [2.75, 3.05) is 14.2 Å². The lowest BCUT2D eigenvalue weighted by Crippen LogP contribution is -2.33. The fourth-order valence-corrected chi connectivity index (χ4v) is 0.584. The monoisotopic (exact) mass is 143 g/mol. The van der Waals surface area contributed by atoms with Gasteiger partial charge in [0.05, 0.1) is 0 Å². The molecule has 0 saturated carbocycles. The van der Waals surface area contributed by atoms with Crippen LogP contribution in [-0.2, 0) is 9.47 Å². The zero-order valence-electron chi connectivity index (χ0n) is 5.81. The normalized spacial score (nSPS) is 11.4. The molecule has 0 rings (SSSR count). The van der Waals surface area contributed by atoms with Crippen molar-refractivity contribution in [3.05, 3.63) is 12.7 Å². The Bertz CT molecular complexity index is 89.1. The number of ether oxygens (including phenoxy) is 2. The fraction of sp³-hybridized carbons (Fsp3) is 0.667. The van der Waals surface area contributed by atoms with Crippen LogP contribution in [0.4, 0.5) is 0 Å². The summed E-state index contributed by atoms with van der Waals surface area (Å²) in [6, 6.07) is 0. The van der Waals surface area contributed by atoms with Crippen molar-refractivity contribution in [1.82, 2.24) is 0 Å². The first-order valence-electron chi connectivity index (χ1n) is 2.64. The van der Waals surface area contributed by atoms with E-state index >= 15 is 0 Å². The molecular formula is C6H11O2Si. The predicted molar refractivity (Wildman–Crippen MR) is 37.3 cm³/mol. The SMILES string of the molecule is C=CCC([Si])(OC)OC. The molecule has 0 aliphatic carbocycles. The first-order valence-corrected chi connectivity index (χ1v) is 3.14. The van der Waals surface area contributed by atoms with E-state index in [1.165, 1.54) is 0 Å². The maximum Gasteiger partial charge on any atom is 0.146 e. The molecule has 0 amide bonds. The van der Waals surface area contributed by atoms with Gasteiger partial charge in [-0.25, -0.2) is 0 Å². The minimum atomic E-state index is -0.679. The van der Waals surface area contributed by atoms with Crippen LogP contribution in [0, 0.1) is 0 Å². The van der Waals surface area contributed by atoms with E-state index < -0.39 is 5.41 Å². The highest BCUT2D eigenvalue weighted by atomic mass is 28.1. The molecule has 0 aliphatic rings. The summed E-state index contributed by atoms with van der Waals surface area (Å²) in [4.78, 5) is 0. The van der Waals surface area contributed by atoms with E-state index in [9.17, 15) is 0 Å². The fourth-order valence-electron chi connectivity index (χ4n) is 0.440. The van der Waals surface area contributed by atoms with Gasteiger partial charge in [0.2, 0.25) is 0 Å². The Labute approximate surface area is 59.3 Å². The Kier molecular flexibility index (Phi) is 3.77. The van der Waals surface area contributed by atoms with Gasteiger partial charge in [0.1, 0.15) is 15.7 Å². The maximum atomic E-state index is 4.95. The molecule has 0 N–H and O–H groups in total. The van der Waals surface area contributed by atoms with Crippen LogP contribution in [0.3, 0.4) is 0 Å². The van der Waals surface area contributed by atoms with Crippen molar-refractivity contribution < 1.29 is 9.47 Å². The summed E-state index contributed by atoms with van der Waals surface area (Å²) in [6.07, 6.45) is 2.34. The highest BCUT2D eigenvalue weighted by Gasteiger charge is 2.19. The van der Waals surface area contributed by atoms with E-state index in [2.05, 4.69) is 16.8 Å². The Morgan fingerprint density at radius 2 is 2.00 bits per heavy atom. The molecule has 2 nitrogen and oxygen atoms in total. The average molecular weight is 143 g/mol. The first-order chi connectivity index (χ1) is 4.18. The predicted octanol–water partition coefficient (Wildman–Crippen LogP) is 0.678. The van der Waals surface area contributed by atoms with Gasteiger partial charge in [-0.15, -0.1) is 6.58 Å². The van der Waals surface area contributed by atoms with Gasteiger partial charge in [0, 0.05) is 20.6 Å². The molecule has 0 aromatic heterocycles. The lowest BCUT2D eigenvalue weighted by atomic mass is 10.4. The van der Waals surface area contributed by atoms with Gasteiger partial charge in [-0.3, -0.25) is 0 Å². The van der Waals surface area contributed by atoms with Crippen LogP contribution < -0.4 is 0 Å². The van der Waals surface area contributed by atoms with E-state index in [-0.39, 0.29) is 0 Å². The molecule has 0 saturated heterocycles. The van der Waals surface area contributed by atoms with Crippen molar-refractivity contribution in [3.8, 4) is 0 Å². The minimum Gasteiger partial charge on any atom is -0.358 e. The highest BCUT2D eigenvalue weighted by Crippen LogP contribution is 2.10. The molecule has 0 atom stereocenters. The molecule has 0 unspecified atom stereocenters. The van der Waals surface area contributed by atoms with Gasteiger partial charge >= 0.3 is 0 Å². The van der Waals surface area contributed by atoms with Crippen LogP contribution in [0.25, 0.3) is 0 Å². The van der Waals surface area contributed by atoms with Crippen LogP contribution in [0.5, 0.6) is 0 Å². The third kappa shape index (κ3) is 2.79. The number of methoxy groups -OCH3 is 2. The first kappa shape index (κ1) is 8.88. The molecule has 0 aromatic carbocycles. The largest absolute Gasteiger partial charge is 0.358 e. The molecule has 3 heteroatoms. The highest BCUT2D eigenvalue weighted by molar-refractivity contribution is 6.13. The lowest BCUT2D eigenvalue weighted by Gasteiger charge is -2.24. The summed E-state index contributed by atoms with van der Waals surface area (Å²) < 4.78 is 9.89. The van der Waals surface area contributed by atoms with Gasteiger partial charge in [-0.2, -0.15) is 0 Å². The molecule has 0 bridgehead atoms. The Hall–Kier alpha value is -0.123. The zero-order valence-corrected chi connectivity index (χ0v) is 6.81. The standard InChI is InChI=1S/C6H11O2Si/c1-4-5-6(9,7-2)8-3/h4H,1,5H2,2-3H3. The molecule has 3 radical (unpaired) electrons. The number of hydrogen-bond acceptors (Lipinski definition) is 2. The maximum absolute atomic E-state index is 4.95. The van der Waals surface area contributed by atoms with Crippen molar-refractivity contribution in [2.45, 2.75) is 11.8 Å². The summed E-state index contributed by atoms with van der Waals surface area (Å²) >= 11 is 0. The van der Waals surface area contributed by atoms with Crippen molar-refractivity contribution in [2.24, 2.45) is 0 Å². The molecule has 9 heavy (non-hydrogen) atoms. The summed E-state index contributed by atoms with van der Waals surface area (Å²) in [7, 11) is 6.42. The Morgan fingerprint density at radius 1 is 1.56 bits per heavy atom. The van der Waals surface area contributed by atoms with Gasteiger partial charge < -0.3 is 9.47 Å². The van der Waals surface area contributed by atoms with Crippen LogP contribution in [0.2, 0.25) is 0 Å². The molecule has 0 fully saturated rings. The number of rotatable bonds is 4. The molecule has 51 valence electrons. The van der Waals surface area contributed by atoms with Gasteiger partial charge in [-0.1, -0.05) is 6.08 Å². The number of hydrogen-bond donors (Lipinski definition) is 0. The quantitative estimate of drug-likeness (QED) is 0.327. The van der Waals surface area contributed by atoms with Crippen LogP contribution >= 0.6 is 0 Å². The van der Waals surface area contributed by atoms with Crippen molar-refractivity contribution >= 4 is 10.2 Å². The van der Waals surface area contributed by atoms with E-state index in [1.54, 1.807) is 20.3 Å². The summed E-state index contributed by atoms with van der Waals surface area (Å²) in [6.45, 7) is 3.55.